The summed E-state index contributed by atoms with van der Waals surface area (Å²) < 4.78 is 1.82. The van der Waals surface area contributed by atoms with Gasteiger partial charge in [-0.3, -0.25) is 0 Å². The summed E-state index contributed by atoms with van der Waals surface area (Å²) >= 11 is 0.906. The van der Waals surface area contributed by atoms with Gasteiger partial charge in [-0.25, -0.2) is 0 Å². The van der Waals surface area contributed by atoms with E-state index >= 15 is 0 Å². The predicted molar refractivity (Wildman–Crippen MR) is 63.8 cm³/mol. The van der Waals surface area contributed by atoms with E-state index in [0.717, 1.165) is 49.0 Å². The molecule has 0 atom stereocenters. The number of hydrogen-bond acceptors (Lipinski definition) is 0. The van der Waals surface area contributed by atoms with Gasteiger partial charge >= 0.3 is 120 Å². The van der Waals surface area contributed by atoms with Crippen LogP contribution in [0.3, 0.4) is 0 Å². The van der Waals surface area contributed by atoms with Crippen LogP contribution in [-0.2, 0) is 0 Å². The Morgan fingerprint density at radius 1 is 1.31 bits per heavy atom. The van der Waals surface area contributed by atoms with Crippen LogP contribution in [0.25, 0.3) is 0 Å². The molecular formula is C11H19KSi. The van der Waals surface area contributed by atoms with Crippen molar-refractivity contribution < 1.29 is 0 Å². The van der Waals surface area contributed by atoms with Crippen molar-refractivity contribution in [1.29, 1.82) is 0 Å². The van der Waals surface area contributed by atoms with Crippen molar-refractivity contribution in [3.8, 4) is 0 Å². The molecule has 0 aromatic carbocycles. The normalized spacial score (nSPS) is 18.6. The van der Waals surface area contributed by atoms with Crippen molar-refractivity contribution in [2.75, 3.05) is 0 Å². The maximum absolute atomic E-state index is 2.49. The molecule has 0 N–H and O–H groups in total. The number of hydrogen-bond donors (Lipinski definition) is 0. The number of rotatable bonds is 1. The van der Waals surface area contributed by atoms with Gasteiger partial charge < -0.3 is 0 Å². The Hall–Kier alpha value is 1.33. The summed E-state index contributed by atoms with van der Waals surface area (Å²) in [4.78, 5) is 0. The van der Waals surface area contributed by atoms with Crippen LogP contribution < -0.4 is 0 Å². The molecule has 0 amide bonds. The minimum absolute atomic E-state index is 0.382. The van der Waals surface area contributed by atoms with Gasteiger partial charge in [-0.05, 0) is 0 Å². The van der Waals surface area contributed by atoms with Crippen molar-refractivity contribution in [3.63, 3.8) is 0 Å². The minimum atomic E-state index is -0.580. The van der Waals surface area contributed by atoms with E-state index in [9.17, 15) is 0 Å². The van der Waals surface area contributed by atoms with Crippen LogP contribution in [0.5, 0.6) is 0 Å². The van der Waals surface area contributed by atoms with E-state index in [4.69, 9.17) is 0 Å². The SMILES string of the molecule is C[SiH](C)C1=[C]([K])CC=C1C(C)(C)C. The van der Waals surface area contributed by atoms with E-state index in [1.54, 1.807) is 5.57 Å². The van der Waals surface area contributed by atoms with Gasteiger partial charge in [0.05, 0.1) is 0 Å². The fourth-order valence-corrected chi connectivity index (χ4v) is 7.94. The van der Waals surface area contributed by atoms with E-state index in [0.29, 0.717) is 5.41 Å². The van der Waals surface area contributed by atoms with Gasteiger partial charge in [-0.2, -0.15) is 0 Å². The molecule has 0 heterocycles. The standard InChI is InChI=1S/C11H19Si.K/c1-11(2,3)9-7-6-8-10(9)12(4)5;/h7,12H,6H2,1-5H3;. The van der Waals surface area contributed by atoms with Crippen molar-refractivity contribution >= 4 is 57.8 Å². The van der Waals surface area contributed by atoms with Gasteiger partial charge in [0.2, 0.25) is 0 Å². The Labute approximate surface area is 118 Å². The fourth-order valence-electron chi connectivity index (χ4n) is 2.22. The van der Waals surface area contributed by atoms with Crippen molar-refractivity contribution in [3.05, 3.63) is 16.5 Å². The van der Waals surface area contributed by atoms with Crippen LogP contribution in [0.1, 0.15) is 27.2 Å². The zero-order valence-electron chi connectivity index (χ0n) is 9.86. The molecule has 0 aliphatic heterocycles. The summed E-state index contributed by atoms with van der Waals surface area (Å²) in [7, 11) is -0.580. The Morgan fingerprint density at radius 3 is 2.15 bits per heavy atom. The van der Waals surface area contributed by atoms with Gasteiger partial charge in [-0.15, -0.1) is 0 Å². The Morgan fingerprint density at radius 2 is 1.85 bits per heavy atom. The molecule has 1 aliphatic carbocycles. The molecule has 0 radical (unpaired) electrons. The van der Waals surface area contributed by atoms with Gasteiger partial charge in [0.15, 0.2) is 0 Å². The zero-order chi connectivity index (χ0) is 10.2. The molecule has 1 aliphatic rings. The van der Waals surface area contributed by atoms with E-state index in [2.05, 4.69) is 39.9 Å². The summed E-state index contributed by atoms with van der Waals surface area (Å²) in [5.74, 6) is 0. The van der Waals surface area contributed by atoms with E-state index in [-0.39, 0.29) is 0 Å². The van der Waals surface area contributed by atoms with E-state index in [1.165, 1.54) is 6.42 Å². The van der Waals surface area contributed by atoms with Gasteiger partial charge in [-0.1, -0.05) is 0 Å². The third kappa shape index (κ3) is 2.89. The van der Waals surface area contributed by atoms with Crippen LogP contribution in [0.15, 0.2) is 16.5 Å². The molecule has 0 unspecified atom stereocenters. The molecule has 0 spiro atoms. The molecule has 1 rings (SSSR count). The average molecular weight is 218 g/mol. The summed E-state index contributed by atoms with van der Waals surface area (Å²) in [6, 6.07) is 0. The van der Waals surface area contributed by atoms with Crippen LogP contribution in [0, 0.1) is 5.41 Å². The summed E-state index contributed by atoms with van der Waals surface area (Å²) in [5.41, 5.74) is 2.06. The monoisotopic (exact) mass is 218 g/mol. The summed E-state index contributed by atoms with van der Waals surface area (Å²) in [6.07, 6.45) is 3.77. The topological polar surface area (TPSA) is 0 Å². The molecule has 13 heavy (non-hydrogen) atoms. The second-order valence-corrected chi connectivity index (χ2v) is 10.2. The van der Waals surface area contributed by atoms with E-state index < -0.39 is 8.80 Å². The van der Waals surface area contributed by atoms with E-state index in [1.807, 2.05) is 4.86 Å². The third-order valence-corrected chi connectivity index (χ3v) is 7.09. The Kier molecular flexibility index (Phi) is 4.25. The molecule has 2 heteroatoms. The van der Waals surface area contributed by atoms with Gasteiger partial charge in [0.25, 0.3) is 0 Å². The first-order valence-corrected chi connectivity index (χ1v) is 9.69. The van der Waals surface area contributed by atoms with Crippen molar-refractivity contribution in [2.24, 2.45) is 5.41 Å². The van der Waals surface area contributed by atoms with Crippen LogP contribution in [0.2, 0.25) is 13.1 Å². The van der Waals surface area contributed by atoms with Crippen molar-refractivity contribution in [1.82, 2.24) is 0 Å². The molecule has 0 fully saturated rings. The second-order valence-electron chi connectivity index (χ2n) is 5.42. The Bertz CT molecular complexity index is 266. The molecule has 0 aromatic rings. The maximum atomic E-state index is 2.49. The van der Waals surface area contributed by atoms with Crippen LogP contribution >= 0.6 is 0 Å². The first-order chi connectivity index (χ1) is 5.84. The zero-order valence-corrected chi connectivity index (χ0v) is 14.1. The van der Waals surface area contributed by atoms with Crippen LogP contribution in [0.4, 0.5) is 0 Å². The second kappa shape index (κ2) is 4.46. The predicted octanol–water partition coefficient (Wildman–Crippen LogP) is 2.81. The third-order valence-electron chi connectivity index (χ3n) is 2.75. The number of allylic oxidation sites excluding steroid dienone is 4. The van der Waals surface area contributed by atoms with Crippen molar-refractivity contribution in [2.45, 2.75) is 40.3 Å². The first kappa shape index (κ1) is 12.4. The fraction of sp³-hybridized carbons (Fsp3) is 0.636. The summed E-state index contributed by atoms with van der Waals surface area (Å²) in [6.45, 7) is 12.0. The molecule has 0 nitrogen and oxygen atoms in total. The van der Waals surface area contributed by atoms with Gasteiger partial charge in [0.1, 0.15) is 0 Å². The first-order valence-electron chi connectivity index (χ1n) is 5.24. The molecule has 0 saturated carbocycles. The quantitative estimate of drug-likeness (QED) is 0.594. The molecular weight excluding hydrogens is 199 g/mol. The average Bonchev–Trinajstić information content (AvgIpc) is 2.28. The Balaban J connectivity index is 3.04. The van der Waals surface area contributed by atoms with Gasteiger partial charge in [0, 0.05) is 0 Å². The van der Waals surface area contributed by atoms with Crippen LogP contribution in [-0.4, -0.2) is 57.8 Å². The molecule has 0 bridgehead atoms. The summed E-state index contributed by atoms with van der Waals surface area (Å²) in [5, 5.41) is 1.83. The molecule has 0 aromatic heterocycles. The molecule has 0 saturated heterocycles. The molecule has 68 valence electrons.